The summed E-state index contributed by atoms with van der Waals surface area (Å²) in [5.74, 6) is 0. The van der Waals surface area contributed by atoms with Crippen LogP contribution in [0.5, 0.6) is 0 Å². The molecule has 0 unspecified atom stereocenters. The molecular weight excluding hydrogens is 270 g/mol. The summed E-state index contributed by atoms with van der Waals surface area (Å²) in [6, 6.07) is 17.9. The zero-order chi connectivity index (χ0) is 13.8. The van der Waals surface area contributed by atoms with Crippen molar-refractivity contribution in [1.29, 1.82) is 0 Å². The van der Waals surface area contributed by atoms with Crippen molar-refractivity contribution in [3.8, 4) is 5.69 Å². The lowest BCUT2D eigenvalue weighted by Gasteiger charge is -2.12. The number of hydrogen-bond acceptors (Lipinski definition) is 2. The molecule has 100 valence electrons. The van der Waals surface area contributed by atoms with Crippen molar-refractivity contribution in [3.63, 3.8) is 0 Å². The lowest BCUT2D eigenvalue weighted by molar-refractivity contribution is 0.879. The number of benzene rings is 2. The highest BCUT2D eigenvalue weighted by Crippen LogP contribution is 2.24. The molecule has 3 aromatic rings. The standard InChI is InChI=1S/C16H14ClN3/c17-14-7-8-16(20-10-4-9-19-20)15(11-14)18-12-13-5-2-1-3-6-13/h1-11,18H,12H2. The van der Waals surface area contributed by atoms with Crippen LogP contribution >= 0.6 is 11.6 Å². The minimum atomic E-state index is 0.705. The molecule has 4 heteroatoms. The average Bonchev–Trinajstić information content (AvgIpc) is 3.00. The number of halogens is 1. The number of rotatable bonds is 4. The smallest absolute Gasteiger partial charge is 0.0877 e. The number of hydrogen-bond donors (Lipinski definition) is 1. The highest BCUT2D eigenvalue weighted by Gasteiger charge is 2.05. The van der Waals surface area contributed by atoms with Crippen molar-refractivity contribution >= 4 is 17.3 Å². The molecule has 0 radical (unpaired) electrons. The van der Waals surface area contributed by atoms with Crippen molar-refractivity contribution in [1.82, 2.24) is 9.78 Å². The van der Waals surface area contributed by atoms with Crippen LogP contribution in [0.15, 0.2) is 67.0 Å². The lowest BCUT2D eigenvalue weighted by atomic mass is 10.2. The van der Waals surface area contributed by atoms with Crippen molar-refractivity contribution in [3.05, 3.63) is 77.6 Å². The van der Waals surface area contributed by atoms with E-state index in [4.69, 9.17) is 11.6 Å². The maximum Gasteiger partial charge on any atom is 0.0877 e. The molecule has 1 aromatic heterocycles. The summed E-state index contributed by atoms with van der Waals surface area (Å²) >= 11 is 6.09. The summed E-state index contributed by atoms with van der Waals surface area (Å²) in [6.45, 7) is 0.745. The van der Waals surface area contributed by atoms with E-state index < -0.39 is 0 Å². The molecule has 0 saturated carbocycles. The molecule has 20 heavy (non-hydrogen) atoms. The van der Waals surface area contributed by atoms with Crippen LogP contribution in [0.2, 0.25) is 5.02 Å². The van der Waals surface area contributed by atoms with Crippen LogP contribution in [0, 0.1) is 0 Å². The predicted octanol–water partition coefficient (Wildman–Crippen LogP) is 4.14. The van der Waals surface area contributed by atoms with Gasteiger partial charge in [-0.15, -0.1) is 0 Å². The Morgan fingerprint density at radius 1 is 1.05 bits per heavy atom. The van der Waals surface area contributed by atoms with Gasteiger partial charge in [0.25, 0.3) is 0 Å². The Kier molecular flexibility index (Phi) is 3.70. The summed E-state index contributed by atoms with van der Waals surface area (Å²) in [7, 11) is 0. The fourth-order valence-electron chi connectivity index (χ4n) is 2.05. The second-order valence-electron chi connectivity index (χ2n) is 4.45. The Morgan fingerprint density at radius 2 is 1.90 bits per heavy atom. The van der Waals surface area contributed by atoms with Gasteiger partial charge in [0.2, 0.25) is 0 Å². The van der Waals surface area contributed by atoms with Crippen LogP contribution in [0.3, 0.4) is 0 Å². The van der Waals surface area contributed by atoms with Gasteiger partial charge in [0.1, 0.15) is 0 Å². The molecule has 0 aliphatic carbocycles. The van der Waals surface area contributed by atoms with Crippen molar-refractivity contribution < 1.29 is 0 Å². The summed E-state index contributed by atoms with van der Waals surface area (Å²) in [6.07, 6.45) is 3.67. The molecule has 1 N–H and O–H groups in total. The minimum Gasteiger partial charge on any atom is -0.379 e. The molecule has 0 atom stereocenters. The highest BCUT2D eigenvalue weighted by atomic mass is 35.5. The first-order valence-corrected chi connectivity index (χ1v) is 6.78. The minimum absolute atomic E-state index is 0.705. The van der Waals surface area contributed by atoms with Crippen molar-refractivity contribution in [2.45, 2.75) is 6.54 Å². The molecule has 3 nitrogen and oxygen atoms in total. The van der Waals surface area contributed by atoms with Gasteiger partial charge in [-0.05, 0) is 29.8 Å². The van der Waals surface area contributed by atoms with Gasteiger partial charge in [-0.1, -0.05) is 41.9 Å². The number of anilines is 1. The van der Waals surface area contributed by atoms with Gasteiger partial charge in [0, 0.05) is 24.0 Å². The van der Waals surface area contributed by atoms with Crippen LogP contribution in [0.25, 0.3) is 5.69 Å². The van der Waals surface area contributed by atoms with E-state index in [-0.39, 0.29) is 0 Å². The topological polar surface area (TPSA) is 29.9 Å². The second kappa shape index (κ2) is 5.80. The van der Waals surface area contributed by atoms with E-state index in [2.05, 4.69) is 22.5 Å². The summed E-state index contributed by atoms with van der Waals surface area (Å²) in [4.78, 5) is 0. The molecule has 0 saturated heterocycles. The largest absolute Gasteiger partial charge is 0.379 e. The van der Waals surface area contributed by atoms with Gasteiger partial charge in [0.15, 0.2) is 0 Å². The first-order valence-electron chi connectivity index (χ1n) is 6.40. The third kappa shape index (κ3) is 2.83. The Balaban J connectivity index is 1.87. The van der Waals surface area contributed by atoms with Gasteiger partial charge in [-0.2, -0.15) is 5.10 Å². The van der Waals surface area contributed by atoms with Crippen molar-refractivity contribution in [2.24, 2.45) is 0 Å². The zero-order valence-electron chi connectivity index (χ0n) is 10.8. The van der Waals surface area contributed by atoms with Crippen LogP contribution in [0.4, 0.5) is 5.69 Å². The zero-order valence-corrected chi connectivity index (χ0v) is 11.6. The molecule has 0 aliphatic heterocycles. The van der Waals surface area contributed by atoms with Gasteiger partial charge < -0.3 is 5.32 Å². The van der Waals surface area contributed by atoms with E-state index in [1.54, 1.807) is 6.20 Å². The van der Waals surface area contributed by atoms with E-state index in [0.29, 0.717) is 5.02 Å². The van der Waals surface area contributed by atoms with Crippen molar-refractivity contribution in [2.75, 3.05) is 5.32 Å². The fraction of sp³-hybridized carbons (Fsp3) is 0.0625. The van der Waals surface area contributed by atoms with Gasteiger partial charge in [-0.25, -0.2) is 4.68 Å². The first kappa shape index (κ1) is 12.8. The van der Waals surface area contributed by atoms with E-state index in [1.807, 2.05) is 53.3 Å². The molecule has 0 spiro atoms. The third-order valence-electron chi connectivity index (χ3n) is 3.04. The quantitative estimate of drug-likeness (QED) is 0.780. The molecule has 0 amide bonds. The first-order chi connectivity index (χ1) is 9.83. The average molecular weight is 284 g/mol. The van der Waals surface area contributed by atoms with Gasteiger partial charge >= 0.3 is 0 Å². The number of aromatic nitrogens is 2. The van der Waals surface area contributed by atoms with E-state index >= 15 is 0 Å². The third-order valence-corrected chi connectivity index (χ3v) is 3.27. The summed E-state index contributed by atoms with van der Waals surface area (Å²) in [5.41, 5.74) is 3.17. The fourth-order valence-corrected chi connectivity index (χ4v) is 2.23. The molecule has 0 aliphatic rings. The van der Waals surface area contributed by atoms with Crippen LogP contribution in [-0.4, -0.2) is 9.78 Å². The van der Waals surface area contributed by atoms with Crippen LogP contribution < -0.4 is 5.32 Å². The summed E-state index contributed by atoms with van der Waals surface area (Å²) in [5, 5.41) is 8.38. The number of nitrogens with zero attached hydrogens (tertiary/aromatic N) is 2. The second-order valence-corrected chi connectivity index (χ2v) is 4.89. The molecule has 0 fully saturated rings. The lowest BCUT2D eigenvalue weighted by Crippen LogP contribution is -2.04. The highest BCUT2D eigenvalue weighted by molar-refractivity contribution is 6.31. The van der Waals surface area contributed by atoms with Crippen LogP contribution in [0.1, 0.15) is 5.56 Å². The Morgan fingerprint density at radius 3 is 2.65 bits per heavy atom. The maximum atomic E-state index is 6.09. The van der Waals surface area contributed by atoms with Crippen LogP contribution in [-0.2, 0) is 6.54 Å². The van der Waals surface area contributed by atoms with E-state index in [9.17, 15) is 0 Å². The SMILES string of the molecule is Clc1ccc(-n2cccn2)c(NCc2ccccc2)c1. The number of nitrogens with one attached hydrogen (secondary N) is 1. The molecular formula is C16H14ClN3. The summed E-state index contributed by atoms with van der Waals surface area (Å²) < 4.78 is 1.82. The molecule has 2 aromatic carbocycles. The Labute approximate surface area is 122 Å². The Hall–Kier alpha value is -2.26. The molecule has 0 bridgehead atoms. The normalized spacial score (nSPS) is 10.4. The van der Waals surface area contributed by atoms with E-state index in [1.165, 1.54) is 5.56 Å². The van der Waals surface area contributed by atoms with E-state index in [0.717, 1.165) is 17.9 Å². The Bertz CT molecular complexity index is 678. The monoisotopic (exact) mass is 283 g/mol. The predicted molar refractivity (Wildman–Crippen MR) is 82.3 cm³/mol. The molecule has 1 heterocycles. The van der Waals surface area contributed by atoms with Gasteiger partial charge in [-0.3, -0.25) is 0 Å². The molecule has 3 rings (SSSR count). The maximum absolute atomic E-state index is 6.09. The van der Waals surface area contributed by atoms with Gasteiger partial charge in [0.05, 0.1) is 11.4 Å².